The maximum Gasteiger partial charge on any atom is 0.326 e. The monoisotopic (exact) mass is 729 g/mol. The second-order valence-electron chi connectivity index (χ2n) is 12.1. The molecule has 0 aromatic heterocycles. The molecule has 0 rings (SSSR count). The molecule has 0 radical (unpaired) electrons. The third-order valence-electron chi connectivity index (χ3n) is 7.62. The van der Waals surface area contributed by atoms with Gasteiger partial charge in [-0.2, -0.15) is 0 Å². The number of carboxylic acids is 3. The average molecular weight is 730 g/mol. The van der Waals surface area contributed by atoms with Crippen LogP contribution in [0.2, 0.25) is 5.82 Å². The number of carboxylic acid groups (broad SMARTS) is 3. The van der Waals surface area contributed by atoms with Crippen molar-refractivity contribution in [2.75, 3.05) is 39.5 Å². The standard InChI is InChI=1S/C32H56BN5O13/c1-3-5-9-26(40)36-24(32(48)49)11-13-27(41)37-23(31(46)47)10-12-25(39)35-15-16-50-17-18-51-20-29(43)38-22(30(44)45)8-6-7-14-34-28(42)19-21(33)4-2/h21-24H,3-20,33H2,1-2H3,(H,34,42)(H,35,39)(H,36,40)(H,37,41)(H,38,43)(H,44,45)(H,46,47)(H,48,49). The minimum atomic E-state index is -1.39. The molecule has 18 nitrogen and oxygen atoms in total. The number of hydrogen-bond acceptors (Lipinski definition) is 10. The summed E-state index contributed by atoms with van der Waals surface area (Å²) in [5.41, 5.74) is 0. The van der Waals surface area contributed by atoms with Crippen LogP contribution in [0.5, 0.6) is 0 Å². The number of ether oxygens (including phenoxy) is 2. The minimum absolute atomic E-state index is 0.0217. The zero-order valence-corrected chi connectivity index (χ0v) is 30.0. The Morgan fingerprint density at radius 3 is 1.65 bits per heavy atom. The molecule has 0 aliphatic carbocycles. The molecule has 8 N–H and O–H groups in total. The Hall–Kier alpha value is -4.26. The summed E-state index contributed by atoms with van der Waals surface area (Å²) >= 11 is 0. The molecule has 0 heterocycles. The van der Waals surface area contributed by atoms with E-state index in [-0.39, 0.29) is 77.4 Å². The number of nitrogens with one attached hydrogen (secondary N) is 5. The third kappa shape index (κ3) is 25.4. The first-order valence-electron chi connectivity index (χ1n) is 17.4. The molecule has 51 heavy (non-hydrogen) atoms. The van der Waals surface area contributed by atoms with Gasteiger partial charge in [0.25, 0.3) is 0 Å². The molecule has 4 atom stereocenters. The van der Waals surface area contributed by atoms with Gasteiger partial charge in [-0.3, -0.25) is 24.0 Å². The fourth-order valence-electron chi connectivity index (χ4n) is 4.40. The molecule has 0 fully saturated rings. The maximum absolute atomic E-state index is 12.3. The zero-order chi connectivity index (χ0) is 38.6. The number of unbranched alkanes of at least 4 members (excludes halogenated alkanes) is 2. The highest BCUT2D eigenvalue weighted by Crippen LogP contribution is 2.09. The van der Waals surface area contributed by atoms with Crippen LogP contribution < -0.4 is 26.6 Å². The van der Waals surface area contributed by atoms with E-state index in [9.17, 15) is 53.7 Å². The summed E-state index contributed by atoms with van der Waals surface area (Å²) in [5.74, 6) is -5.90. The average Bonchev–Trinajstić information content (AvgIpc) is 3.07. The maximum atomic E-state index is 12.3. The van der Waals surface area contributed by atoms with Gasteiger partial charge in [0.2, 0.25) is 29.5 Å². The molecule has 0 bridgehead atoms. The smallest absolute Gasteiger partial charge is 0.326 e. The molecular formula is C32H56BN5O13. The second-order valence-corrected chi connectivity index (χ2v) is 12.1. The lowest BCUT2D eigenvalue weighted by molar-refractivity contribution is -0.143. The molecule has 0 saturated carbocycles. The first kappa shape index (κ1) is 46.7. The van der Waals surface area contributed by atoms with Crippen LogP contribution in [0.1, 0.15) is 90.9 Å². The van der Waals surface area contributed by atoms with Crippen molar-refractivity contribution in [1.82, 2.24) is 26.6 Å². The lowest BCUT2D eigenvalue weighted by atomic mass is 9.82. The molecule has 0 spiro atoms. The van der Waals surface area contributed by atoms with Gasteiger partial charge in [-0.15, -0.1) is 0 Å². The molecule has 5 amide bonds. The topological polar surface area (TPSA) is 276 Å². The van der Waals surface area contributed by atoms with Crippen LogP contribution in [0.4, 0.5) is 0 Å². The van der Waals surface area contributed by atoms with E-state index in [0.717, 1.165) is 12.8 Å². The summed E-state index contributed by atoms with van der Waals surface area (Å²) in [6.45, 7) is 4.20. The molecule has 0 aromatic rings. The molecule has 0 saturated heterocycles. The number of amides is 5. The van der Waals surface area contributed by atoms with Crippen LogP contribution in [0.3, 0.4) is 0 Å². The fraction of sp³-hybridized carbons (Fsp3) is 0.750. The van der Waals surface area contributed by atoms with E-state index in [1.807, 2.05) is 21.7 Å². The van der Waals surface area contributed by atoms with Gasteiger partial charge in [0.15, 0.2) is 0 Å². The highest BCUT2D eigenvalue weighted by atomic mass is 16.5. The molecule has 0 aliphatic heterocycles. The van der Waals surface area contributed by atoms with Crippen molar-refractivity contribution in [2.24, 2.45) is 0 Å². The number of carbonyl (C=O) groups is 8. The van der Waals surface area contributed by atoms with E-state index < -0.39 is 59.7 Å². The number of rotatable bonds is 31. The summed E-state index contributed by atoms with van der Waals surface area (Å²) in [6, 6.07) is -3.78. The fourth-order valence-corrected chi connectivity index (χ4v) is 4.40. The minimum Gasteiger partial charge on any atom is -0.480 e. The van der Waals surface area contributed by atoms with Crippen molar-refractivity contribution < 1.29 is 63.1 Å². The molecular weight excluding hydrogens is 673 g/mol. The molecule has 0 aliphatic rings. The van der Waals surface area contributed by atoms with Crippen LogP contribution in [0, 0.1) is 0 Å². The summed E-state index contributed by atoms with van der Waals surface area (Å²) in [6.07, 6.45) is 3.05. The van der Waals surface area contributed by atoms with Gasteiger partial charge in [0.05, 0.1) is 19.8 Å². The number of aliphatic carboxylic acids is 3. The Balaban J connectivity index is 4.19. The quantitative estimate of drug-likeness (QED) is 0.0318. The van der Waals surface area contributed by atoms with E-state index in [4.69, 9.17) is 9.47 Å². The van der Waals surface area contributed by atoms with Crippen molar-refractivity contribution in [3.63, 3.8) is 0 Å². The normalized spacial score (nSPS) is 13.1. The zero-order valence-electron chi connectivity index (χ0n) is 30.0. The Kier molecular flexibility index (Phi) is 26.1. The Morgan fingerprint density at radius 1 is 0.569 bits per heavy atom. The van der Waals surface area contributed by atoms with Crippen LogP contribution in [-0.4, -0.2) is 128 Å². The van der Waals surface area contributed by atoms with Crippen LogP contribution in [0.25, 0.3) is 0 Å². The summed E-state index contributed by atoms with van der Waals surface area (Å²) < 4.78 is 10.5. The predicted octanol–water partition coefficient (Wildman–Crippen LogP) is -0.897. The van der Waals surface area contributed by atoms with E-state index in [0.29, 0.717) is 38.0 Å². The number of carbonyl (C=O) groups excluding carboxylic acids is 5. The van der Waals surface area contributed by atoms with Gasteiger partial charge in [0.1, 0.15) is 32.6 Å². The third-order valence-corrected chi connectivity index (χ3v) is 7.62. The predicted molar refractivity (Wildman–Crippen MR) is 185 cm³/mol. The van der Waals surface area contributed by atoms with Crippen molar-refractivity contribution in [3.05, 3.63) is 0 Å². The van der Waals surface area contributed by atoms with Crippen LogP contribution in [0.15, 0.2) is 0 Å². The first-order chi connectivity index (χ1) is 24.2. The van der Waals surface area contributed by atoms with Gasteiger partial charge in [-0.05, 0) is 38.5 Å². The second kappa shape index (κ2) is 28.4. The van der Waals surface area contributed by atoms with Gasteiger partial charge in [-0.1, -0.05) is 32.5 Å². The van der Waals surface area contributed by atoms with Gasteiger partial charge < -0.3 is 51.4 Å². The Labute approximate surface area is 299 Å². The Morgan fingerprint density at radius 2 is 1.08 bits per heavy atom. The SMILES string of the molecule is BC(CC)CC(=O)NCCCCC(NC(=O)COCCOCCNC(=O)CCC(NC(=O)CCC(NC(=O)CCCC)C(=O)O)C(=O)O)C(=O)O. The lowest BCUT2D eigenvalue weighted by Crippen LogP contribution is -2.44. The molecule has 0 aromatic carbocycles. The van der Waals surface area contributed by atoms with Gasteiger partial charge in [0, 0.05) is 38.8 Å². The van der Waals surface area contributed by atoms with E-state index >= 15 is 0 Å². The highest BCUT2D eigenvalue weighted by Gasteiger charge is 2.24. The summed E-state index contributed by atoms with van der Waals surface area (Å²) in [4.78, 5) is 94.6. The number of hydrogen-bond donors (Lipinski definition) is 8. The van der Waals surface area contributed by atoms with Crippen molar-refractivity contribution in [2.45, 2.75) is 115 Å². The van der Waals surface area contributed by atoms with Gasteiger partial charge >= 0.3 is 17.9 Å². The molecule has 4 unspecified atom stereocenters. The Bertz CT molecular complexity index is 1130. The first-order valence-corrected chi connectivity index (χ1v) is 17.4. The van der Waals surface area contributed by atoms with E-state index in [2.05, 4.69) is 26.6 Å². The van der Waals surface area contributed by atoms with E-state index in [1.165, 1.54) is 0 Å². The van der Waals surface area contributed by atoms with Crippen molar-refractivity contribution in [3.8, 4) is 0 Å². The molecule has 19 heteroatoms. The largest absolute Gasteiger partial charge is 0.480 e. The highest BCUT2D eigenvalue weighted by molar-refractivity contribution is 6.13. The van der Waals surface area contributed by atoms with Crippen LogP contribution in [-0.2, 0) is 47.8 Å². The van der Waals surface area contributed by atoms with Crippen molar-refractivity contribution in [1.29, 1.82) is 0 Å². The molecule has 290 valence electrons. The summed E-state index contributed by atoms with van der Waals surface area (Å²) in [5, 5.41) is 40.5. The van der Waals surface area contributed by atoms with Crippen LogP contribution >= 0.6 is 0 Å². The van der Waals surface area contributed by atoms with Gasteiger partial charge in [-0.25, -0.2) is 14.4 Å². The lowest BCUT2D eigenvalue weighted by Gasteiger charge is -2.17. The summed E-state index contributed by atoms with van der Waals surface area (Å²) in [7, 11) is 1.99. The van der Waals surface area contributed by atoms with E-state index in [1.54, 1.807) is 0 Å². The van der Waals surface area contributed by atoms with Crippen molar-refractivity contribution >= 4 is 55.3 Å².